The number of carbonyl (C=O) groups is 1. The van der Waals surface area contributed by atoms with Crippen LogP contribution >= 0.6 is 27.3 Å². The van der Waals surface area contributed by atoms with Gasteiger partial charge in [0.05, 0.1) is 11.1 Å². The van der Waals surface area contributed by atoms with Gasteiger partial charge in [-0.3, -0.25) is 4.79 Å². The number of hydrogen-bond donors (Lipinski definition) is 3. The second-order valence-corrected chi connectivity index (χ2v) is 8.85. The van der Waals surface area contributed by atoms with Crippen LogP contribution in [0.25, 0.3) is 10.2 Å². The normalized spacial score (nSPS) is 11.4. The molecule has 1 aliphatic rings. The maximum absolute atomic E-state index is 9.43. The first-order valence-corrected chi connectivity index (χ1v) is 12.8. The molecule has 1 amide bonds. The highest BCUT2D eigenvalue weighted by Crippen LogP contribution is 2.39. The lowest BCUT2D eigenvalue weighted by Gasteiger charge is -2.14. The van der Waals surface area contributed by atoms with Gasteiger partial charge in [0, 0.05) is 40.9 Å². The topological polar surface area (TPSA) is 108 Å². The van der Waals surface area contributed by atoms with E-state index in [9.17, 15) is 4.79 Å². The van der Waals surface area contributed by atoms with E-state index in [0.29, 0.717) is 11.3 Å². The molecule has 4 rings (SSSR count). The molecule has 0 saturated heterocycles. The minimum atomic E-state index is 0.572. The van der Waals surface area contributed by atoms with E-state index in [-0.39, 0.29) is 0 Å². The Morgan fingerprint density at radius 3 is 2.39 bits per heavy atom. The van der Waals surface area contributed by atoms with Gasteiger partial charge in [0.15, 0.2) is 0 Å². The van der Waals surface area contributed by atoms with Crippen LogP contribution in [0.15, 0.2) is 22.9 Å². The van der Waals surface area contributed by atoms with Crippen molar-refractivity contribution in [3.05, 3.63) is 38.9 Å². The predicted octanol–water partition coefficient (Wildman–Crippen LogP) is 6.41. The minimum Gasteiger partial charge on any atom is -0.398 e. The summed E-state index contributed by atoms with van der Waals surface area (Å²) in [7, 11) is 3.38. The molecule has 0 atom stereocenters. The molecule has 0 bridgehead atoms. The van der Waals surface area contributed by atoms with E-state index in [1.54, 1.807) is 31.8 Å². The van der Waals surface area contributed by atoms with Crippen molar-refractivity contribution in [2.45, 2.75) is 53.4 Å². The minimum absolute atomic E-state index is 0.572. The highest BCUT2D eigenvalue weighted by atomic mass is 79.9. The van der Waals surface area contributed by atoms with Crippen LogP contribution in [-0.4, -0.2) is 41.6 Å². The summed E-state index contributed by atoms with van der Waals surface area (Å²) in [6.07, 6.45) is 8.31. The van der Waals surface area contributed by atoms with Crippen molar-refractivity contribution in [2.75, 3.05) is 25.1 Å². The van der Waals surface area contributed by atoms with Crippen molar-refractivity contribution in [3.63, 3.8) is 0 Å². The van der Waals surface area contributed by atoms with E-state index in [4.69, 9.17) is 11.1 Å². The third-order valence-corrected chi connectivity index (χ3v) is 6.40. The molecule has 2 heterocycles. The number of nitrogens with one attached hydrogen (secondary N) is 2. The number of thiophene rings is 1. The Hall–Kier alpha value is -2.52. The van der Waals surface area contributed by atoms with E-state index >= 15 is 0 Å². The standard InChI is InChI=1S/C17H16BrN5S.C3H7NO.2C2H6/c18-11-6-12(20)9(7-19)5-13(11)23-16-15-10-3-1-2-4-14(10)24-17(15)22-8-21-16;1-4(2)3-5;2*1-2/h5-8,19H,1-4,20H2,(H,21,22,23);3H,1-2H3;2*1-2H3. The molecular weight excluding hydrogens is 500 g/mol. The summed E-state index contributed by atoms with van der Waals surface area (Å²) in [5.41, 5.74) is 9.42. The second kappa shape index (κ2) is 14.6. The van der Waals surface area contributed by atoms with Gasteiger partial charge >= 0.3 is 0 Å². The van der Waals surface area contributed by atoms with E-state index in [2.05, 4.69) is 31.2 Å². The number of nitrogen functional groups attached to an aromatic ring is 1. The molecule has 7 nitrogen and oxygen atoms in total. The lowest BCUT2D eigenvalue weighted by atomic mass is 9.97. The lowest BCUT2D eigenvalue weighted by molar-refractivity contribution is -0.115. The smallest absolute Gasteiger partial charge is 0.209 e. The molecular formula is C24H35BrN6OS. The molecule has 0 saturated carbocycles. The molecule has 1 aliphatic carbocycles. The molecule has 3 aromatic rings. The molecule has 0 fully saturated rings. The largest absolute Gasteiger partial charge is 0.398 e. The van der Waals surface area contributed by atoms with Gasteiger partial charge in [-0.05, 0) is 59.3 Å². The predicted molar refractivity (Wildman–Crippen MR) is 146 cm³/mol. The highest BCUT2D eigenvalue weighted by molar-refractivity contribution is 9.10. The van der Waals surface area contributed by atoms with Crippen LogP contribution in [0.4, 0.5) is 17.2 Å². The molecule has 0 aliphatic heterocycles. The van der Waals surface area contributed by atoms with E-state index < -0.39 is 0 Å². The van der Waals surface area contributed by atoms with Crippen LogP contribution in [0, 0.1) is 5.41 Å². The zero-order chi connectivity index (χ0) is 25.0. The van der Waals surface area contributed by atoms with E-state index in [0.717, 1.165) is 45.4 Å². The van der Waals surface area contributed by atoms with E-state index in [1.165, 1.54) is 34.4 Å². The summed E-state index contributed by atoms with van der Waals surface area (Å²) < 4.78 is 0.849. The SMILES string of the molecule is CC.CC.CN(C)C=O.N=Cc1cc(Nc2ncnc3sc4c(c23)CCCC4)c(Br)cc1N. The number of fused-ring (bicyclic) bond motifs is 3. The number of amides is 1. The van der Waals surface area contributed by atoms with Gasteiger partial charge in [-0.25, -0.2) is 9.97 Å². The average Bonchev–Trinajstić information content (AvgIpc) is 3.23. The van der Waals surface area contributed by atoms with Crippen LogP contribution in [0.2, 0.25) is 0 Å². The fraction of sp³-hybridized carbons (Fsp3) is 0.417. The summed E-state index contributed by atoms with van der Waals surface area (Å²) in [6, 6.07) is 3.67. The number of benzene rings is 1. The number of carbonyl (C=O) groups excluding carboxylic acids is 1. The number of nitrogens with two attached hydrogens (primary N) is 1. The van der Waals surface area contributed by atoms with Crippen molar-refractivity contribution < 1.29 is 4.79 Å². The summed E-state index contributed by atoms with van der Waals surface area (Å²) in [5, 5.41) is 12.0. The zero-order valence-corrected chi connectivity index (χ0v) is 22.7. The van der Waals surface area contributed by atoms with Crippen molar-refractivity contribution in [2.24, 2.45) is 0 Å². The molecule has 0 unspecified atom stereocenters. The highest BCUT2D eigenvalue weighted by Gasteiger charge is 2.20. The Balaban J connectivity index is 0.000000529. The number of nitrogens with zero attached hydrogens (tertiary/aromatic N) is 3. The quantitative estimate of drug-likeness (QED) is 0.203. The van der Waals surface area contributed by atoms with Crippen molar-refractivity contribution in [1.29, 1.82) is 5.41 Å². The van der Waals surface area contributed by atoms with Gasteiger partial charge in [0.1, 0.15) is 17.0 Å². The van der Waals surface area contributed by atoms with Crippen LogP contribution in [0.3, 0.4) is 0 Å². The van der Waals surface area contributed by atoms with Crippen LogP contribution in [-0.2, 0) is 17.6 Å². The first-order valence-electron chi connectivity index (χ1n) is 11.2. The maximum Gasteiger partial charge on any atom is 0.209 e. The third-order valence-electron chi connectivity index (χ3n) is 4.54. The van der Waals surface area contributed by atoms with Crippen molar-refractivity contribution in [1.82, 2.24) is 14.9 Å². The monoisotopic (exact) mass is 534 g/mol. The van der Waals surface area contributed by atoms with Gasteiger partial charge in [-0.15, -0.1) is 11.3 Å². The fourth-order valence-corrected chi connectivity index (χ4v) is 4.83. The van der Waals surface area contributed by atoms with Crippen molar-refractivity contribution in [3.8, 4) is 0 Å². The first kappa shape index (κ1) is 28.5. The van der Waals surface area contributed by atoms with Crippen LogP contribution in [0.5, 0.6) is 0 Å². The number of aryl methyl sites for hydroxylation is 2. The summed E-state index contributed by atoms with van der Waals surface area (Å²) >= 11 is 5.32. The second-order valence-electron chi connectivity index (χ2n) is 6.91. The number of aromatic nitrogens is 2. The third kappa shape index (κ3) is 7.50. The number of halogens is 1. The molecule has 0 spiro atoms. The first-order chi connectivity index (χ1) is 15.9. The molecule has 33 heavy (non-hydrogen) atoms. The zero-order valence-electron chi connectivity index (χ0n) is 20.3. The Morgan fingerprint density at radius 1 is 1.15 bits per heavy atom. The van der Waals surface area contributed by atoms with Crippen LogP contribution < -0.4 is 11.1 Å². The molecule has 2 aromatic heterocycles. The Labute approximate surface area is 209 Å². The molecule has 180 valence electrons. The van der Waals surface area contributed by atoms with Crippen molar-refractivity contribution >= 4 is 67.3 Å². The Morgan fingerprint density at radius 2 is 1.79 bits per heavy atom. The van der Waals surface area contributed by atoms with Gasteiger partial charge < -0.3 is 21.4 Å². The van der Waals surface area contributed by atoms with Gasteiger partial charge in [0.25, 0.3) is 0 Å². The lowest BCUT2D eigenvalue weighted by Crippen LogP contribution is -2.06. The van der Waals surface area contributed by atoms with Gasteiger partial charge in [-0.1, -0.05) is 27.7 Å². The summed E-state index contributed by atoms with van der Waals surface area (Å²) in [4.78, 5) is 22.3. The Bertz CT molecular complexity index is 1050. The maximum atomic E-state index is 9.43. The average molecular weight is 536 g/mol. The van der Waals surface area contributed by atoms with E-state index in [1.807, 2.05) is 39.8 Å². The van der Waals surface area contributed by atoms with Gasteiger partial charge in [-0.2, -0.15) is 0 Å². The summed E-state index contributed by atoms with van der Waals surface area (Å²) in [5.74, 6) is 0.820. The summed E-state index contributed by atoms with van der Waals surface area (Å²) in [6.45, 7) is 8.00. The molecule has 9 heteroatoms. The molecule has 4 N–H and O–H groups in total. The number of rotatable bonds is 4. The Kier molecular flexibility index (Phi) is 12.6. The van der Waals surface area contributed by atoms with Gasteiger partial charge in [0.2, 0.25) is 6.41 Å². The number of hydrogen-bond acceptors (Lipinski definition) is 7. The van der Waals surface area contributed by atoms with Crippen LogP contribution in [0.1, 0.15) is 56.5 Å². The molecule has 0 radical (unpaired) electrons. The molecule has 1 aromatic carbocycles. The number of anilines is 3. The fourth-order valence-electron chi connectivity index (χ4n) is 3.14.